The topological polar surface area (TPSA) is 73.6 Å². The van der Waals surface area contributed by atoms with Crippen LogP contribution in [0.15, 0.2) is 18.2 Å². The van der Waals surface area contributed by atoms with Crippen molar-refractivity contribution >= 4 is 11.6 Å². The summed E-state index contributed by atoms with van der Waals surface area (Å²) in [4.78, 5) is 12.0. The Bertz CT molecular complexity index is 435. The second-order valence-corrected chi connectivity index (χ2v) is 4.73. The van der Waals surface area contributed by atoms with E-state index in [1.165, 1.54) is 0 Å². The first-order valence-electron chi connectivity index (χ1n) is 6.87. The van der Waals surface area contributed by atoms with Crippen LogP contribution in [0.4, 0.5) is 5.69 Å². The third kappa shape index (κ3) is 5.19. The Morgan fingerprint density at radius 3 is 2.80 bits per heavy atom. The van der Waals surface area contributed by atoms with Crippen molar-refractivity contribution in [1.82, 2.24) is 0 Å². The number of nitrogens with one attached hydrogen (secondary N) is 1. The average Bonchev–Trinajstić information content (AvgIpc) is 2.42. The molecule has 0 heterocycles. The molecule has 0 bridgehead atoms. The maximum Gasteiger partial charge on any atom is 0.241 e. The molecule has 1 aromatic rings. The normalized spacial score (nSPS) is 12.0. The van der Waals surface area contributed by atoms with E-state index in [2.05, 4.69) is 5.32 Å². The SMILES string of the molecule is CCC[C@H](N)C(=O)Nc1ccc(C)cc1OCCOC. The first kappa shape index (κ1) is 16.5. The molecule has 0 aliphatic carbocycles. The molecule has 20 heavy (non-hydrogen) atoms. The van der Waals surface area contributed by atoms with E-state index in [4.69, 9.17) is 15.2 Å². The number of nitrogens with two attached hydrogens (primary N) is 1. The minimum atomic E-state index is -0.492. The summed E-state index contributed by atoms with van der Waals surface area (Å²) in [5.74, 6) is 0.450. The van der Waals surface area contributed by atoms with Gasteiger partial charge in [-0.1, -0.05) is 19.4 Å². The second kappa shape index (κ2) is 8.55. The molecule has 3 N–H and O–H groups in total. The molecule has 5 heteroatoms. The first-order chi connectivity index (χ1) is 9.58. The van der Waals surface area contributed by atoms with Gasteiger partial charge in [-0.3, -0.25) is 4.79 Å². The highest BCUT2D eigenvalue weighted by Crippen LogP contribution is 2.26. The smallest absolute Gasteiger partial charge is 0.241 e. The van der Waals surface area contributed by atoms with E-state index in [-0.39, 0.29) is 5.91 Å². The molecule has 1 aromatic carbocycles. The van der Waals surface area contributed by atoms with Gasteiger partial charge >= 0.3 is 0 Å². The van der Waals surface area contributed by atoms with Gasteiger partial charge in [0.2, 0.25) is 5.91 Å². The van der Waals surface area contributed by atoms with Gasteiger partial charge in [0.15, 0.2) is 0 Å². The van der Waals surface area contributed by atoms with Crippen molar-refractivity contribution in [2.45, 2.75) is 32.7 Å². The number of hydrogen-bond acceptors (Lipinski definition) is 4. The number of carbonyl (C=O) groups excluding carboxylic acids is 1. The van der Waals surface area contributed by atoms with Crippen LogP contribution in [0, 0.1) is 6.92 Å². The van der Waals surface area contributed by atoms with Gasteiger partial charge in [0.25, 0.3) is 0 Å². The Morgan fingerprint density at radius 1 is 1.40 bits per heavy atom. The number of benzene rings is 1. The summed E-state index contributed by atoms with van der Waals surface area (Å²) in [7, 11) is 1.62. The zero-order chi connectivity index (χ0) is 15.0. The van der Waals surface area contributed by atoms with E-state index in [0.717, 1.165) is 12.0 Å². The molecule has 0 fully saturated rings. The van der Waals surface area contributed by atoms with E-state index >= 15 is 0 Å². The molecule has 0 spiro atoms. The molecule has 0 radical (unpaired) electrons. The van der Waals surface area contributed by atoms with E-state index in [1.54, 1.807) is 7.11 Å². The predicted octanol–water partition coefficient (Wildman–Crippen LogP) is 2.09. The number of rotatable bonds is 8. The van der Waals surface area contributed by atoms with Gasteiger partial charge in [0.05, 0.1) is 18.3 Å². The Balaban J connectivity index is 2.74. The Morgan fingerprint density at radius 2 is 2.15 bits per heavy atom. The lowest BCUT2D eigenvalue weighted by molar-refractivity contribution is -0.117. The highest BCUT2D eigenvalue weighted by atomic mass is 16.5. The summed E-state index contributed by atoms with van der Waals surface area (Å²) in [6.45, 7) is 4.90. The van der Waals surface area contributed by atoms with Crippen LogP contribution in [0.5, 0.6) is 5.75 Å². The van der Waals surface area contributed by atoms with Crippen molar-refractivity contribution in [3.05, 3.63) is 23.8 Å². The van der Waals surface area contributed by atoms with Crippen LogP contribution in [-0.2, 0) is 9.53 Å². The zero-order valence-electron chi connectivity index (χ0n) is 12.4. The third-order valence-electron chi connectivity index (χ3n) is 2.88. The molecule has 0 saturated carbocycles. The van der Waals surface area contributed by atoms with Crippen LogP contribution in [0.25, 0.3) is 0 Å². The standard InChI is InChI=1S/C15H24N2O3/c1-4-5-12(16)15(18)17-13-7-6-11(2)10-14(13)20-9-8-19-3/h6-7,10,12H,4-5,8-9,16H2,1-3H3,(H,17,18)/t12-/m0/s1. The average molecular weight is 280 g/mol. The predicted molar refractivity (Wildman–Crippen MR) is 80.1 cm³/mol. The molecule has 0 saturated heterocycles. The van der Waals surface area contributed by atoms with E-state index < -0.39 is 6.04 Å². The highest BCUT2D eigenvalue weighted by Gasteiger charge is 2.14. The van der Waals surface area contributed by atoms with Crippen molar-refractivity contribution in [2.24, 2.45) is 5.73 Å². The number of anilines is 1. The monoisotopic (exact) mass is 280 g/mol. The number of carbonyl (C=O) groups is 1. The maximum absolute atomic E-state index is 12.0. The molecule has 112 valence electrons. The van der Waals surface area contributed by atoms with Crippen molar-refractivity contribution in [2.75, 3.05) is 25.6 Å². The summed E-state index contributed by atoms with van der Waals surface area (Å²) in [6.07, 6.45) is 1.54. The summed E-state index contributed by atoms with van der Waals surface area (Å²) < 4.78 is 10.6. The molecular weight excluding hydrogens is 256 g/mol. The molecular formula is C15H24N2O3. The highest BCUT2D eigenvalue weighted by molar-refractivity contribution is 5.95. The third-order valence-corrected chi connectivity index (χ3v) is 2.88. The van der Waals surface area contributed by atoms with Crippen molar-refractivity contribution in [1.29, 1.82) is 0 Å². The molecule has 0 aromatic heterocycles. The van der Waals surface area contributed by atoms with Crippen molar-refractivity contribution in [3.63, 3.8) is 0 Å². The largest absolute Gasteiger partial charge is 0.489 e. The van der Waals surface area contributed by atoms with Gasteiger partial charge in [0.1, 0.15) is 12.4 Å². The lowest BCUT2D eigenvalue weighted by Gasteiger charge is -2.15. The number of ether oxygens (including phenoxy) is 2. The molecule has 0 unspecified atom stereocenters. The van der Waals surface area contributed by atoms with Gasteiger partial charge in [-0.15, -0.1) is 0 Å². The minimum absolute atomic E-state index is 0.188. The summed E-state index contributed by atoms with van der Waals surface area (Å²) in [6, 6.07) is 5.14. The summed E-state index contributed by atoms with van der Waals surface area (Å²) in [5, 5.41) is 2.82. The van der Waals surface area contributed by atoms with Crippen LogP contribution >= 0.6 is 0 Å². The molecule has 0 aliphatic heterocycles. The summed E-state index contributed by atoms with van der Waals surface area (Å²) >= 11 is 0. The van der Waals surface area contributed by atoms with E-state index in [9.17, 15) is 4.79 Å². The Labute approximate surface area is 120 Å². The van der Waals surface area contributed by atoms with Crippen LogP contribution in [0.2, 0.25) is 0 Å². The minimum Gasteiger partial charge on any atom is -0.489 e. The molecule has 5 nitrogen and oxygen atoms in total. The zero-order valence-corrected chi connectivity index (χ0v) is 12.4. The van der Waals surface area contributed by atoms with Gasteiger partial charge < -0.3 is 20.5 Å². The van der Waals surface area contributed by atoms with Crippen molar-refractivity contribution in [3.8, 4) is 5.75 Å². The van der Waals surface area contributed by atoms with Crippen LogP contribution in [0.3, 0.4) is 0 Å². The summed E-state index contributed by atoms with van der Waals surface area (Å²) in [5.41, 5.74) is 7.51. The first-order valence-corrected chi connectivity index (χ1v) is 6.87. The molecule has 1 rings (SSSR count). The van der Waals surface area contributed by atoms with Gasteiger partial charge in [-0.25, -0.2) is 0 Å². The fourth-order valence-corrected chi connectivity index (χ4v) is 1.75. The van der Waals surface area contributed by atoms with Crippen molar-refractivity contribution < 1.29 is 14.3 Å². The van der Waals surface area contributed by atoms with E-state index in [0.29, 0.717) is 31.1 Å². The second-order valence-electron chi connectivity index (χ2n) is 4.73. The molecule has 1 amide bonds. The van der Waals surface area contributed by atoms with Gasteiger partial charge in [-0.2, -0.15) is 0 Å². The fraction of sp³-hybridized carbons (Fsp3) is 0.533. The lowest BCUT2D eigenvalue weighted by atomic mass is 10.1. The van der Waals surface area contributed by atoms with Crippen LogP contribution in [-0.4, -0.2) is 32.3 Å². The van der Waals surface area contributed by atoms with Crippen LogP contribution in [0.1, 0.15) is 25.3 Å². The molecule has 0 aliphatic rings. The Kier molecular flexibility index (Phi) is 7.04. The number of aryl methyl sites for hydroxylation is 1. The lowest BCUT2D eigenvalue weighted by Crippen LogP contribution is -2.35. The number of hydrogen-bond donors (Lipinski definition) is 2. The Hall–Kier alpha value is -1.59. The quantitative estimate of drug-likeness (QED) is 0.715. The van der Waals surface area contributed by atoms with Crippen LogP contribution < -0.4 is 15.8 Å². The number of methoxy groups -OCH3 is 1. The van der Waals surface area contributed by atoms with Gasteiger partial charge in [-0.05, 0) is 31.0 Å². The number of amides is 1. The van der Waals surface area contributed by atoms with E-state index in [1.807, 2.05) is 32.0 Å². The molecule has 1 atom stereocenters. The maximum atomic E-state index is 12.0. The van der Waals surface area contributed by atoms with Gasteiger partial charge in [0, 0.05) is 7.11 Å². The fourth-order valence-electron chi connectivity index (χ4n) is 1.75.